The van der Waals surface area contributed by atoms with E-state index in [1.54, 1.807) is 7.11 Å². The number of hydrogen-bond acceptors (Lipinski definition) is 5. The van der Waals surface area contributed by atoms with Crippen LogP contribution in [0.15, 0.2) is 29.3 Å². The molecule has 2 unspecified atom stereocenters. The number of nitrogens with zero attached hydrogens (tertiary/aromatic N) is 2. The van der Waals surface area contributed by atoms with Crippen molar-refractivity contribution in [2.45, 2.75) is 57.5 Å². The number of likely N-dealkylation sites (tertiary alicyclic amines) is 1. The van der Waals surface area contributed by atoms with Crippen molar-refractivity contribution in [1.82, 2.24) is 15.5 Å². The summed E-state index contributed by atoms with van der Waals surface area (Å²) >= 11 is 0. The molecule has 1 aromatic carbocycles. The number of rotatable bonds is 7. The number of nitrogens with one attached hydrogen (secondary N) is 2. The molecule has 186 valence electrons. The molecule has 0 radical (unpaired) electrons. The van der Waals surface area contributed by atoms with Gasteiger partial charge in [-0.3, -0.25) is 14.7 Å². The third-order valence-corrected chi connectivity index (χ3v) is 6.91. The van der Waals surface area contributed by atoms with E-state index >= 15 is 0 Å². The van der Waals surface area contributed by atoms with Crippen molar-refractivity contribution in [1.29, 1.82) is 0 Å². The molecule has 2 aliphatic rings. The second kappa shape index (κ2) is 14.0. The average Bonchev–Trinajstić information content (AvgIpc) is 2.82. The van der Waals surface area contributed by atoms with Gasteiger partial charge in [0.1, 0.15) is 5.75 Å². The molecule has 8 heteroatoms. The van der Waals surface area contributed by atoms with Crippen molar-refractivity contribution in [3.05, 3.63) is 29.8 Å². The SMILES string of the molecule is CCOC(=O)C1CCC(NC(=NC)NCC2CCCN(C)C2c2ccc(OC)cc2)CC1.I. The molecule has 1 saturated carbocycles. The standard InChI is InChI=1S/C25H40N4O3.HI/c1-5-32-24(30)19-8-12-21(13-9-19)28-25(26-2)27-17-20-7-6-16-29(3)23(20)18-10-14-22(31-4)15-11-18;/h10-11,14-15,19-21,23H,5-9,12-13,16-17H2,1-4H3,(H2,26,27,28);1H. The number of benzene rings is 1. The molecule has 2 N–H and O–H groups in total. The van der Waals surface area contributed by atoms with Gasteiger partial charge in [0, 0.05) is 25.7 Å². The Hall–Kier alpha value is -1.55. The minimum absolute atomic E-state index is 0. The van der Waals surface area contributed by atoms with Crippen molar-refractivity contribution in [3.8, 4) is 5.75 Å². The van der Waals surface area contributed by atoms with Gasteiger partial charge in [-0.2, -0.15) is 0 Å². The third kappa shape index (κ3) is 7.73. The summed E-state index contributed by atoms with van der Waals surface area (Å²) in [6, 6.07) is 9.20. The Balaban J connectivity index is 0.00000385. The highest BCUT2D eigenvalue weighted by Gasteiger charge is 2.31. The second-order valence-electron chi connectivity index (χ2n) is 9.00. The fourth-order valence-electron chi connectivity index (χ4n) is 5.15. The van der Waals surface area contributed by atoms with Crippen molar-refractivity contribution < 1.29 is 14.3 Å². The van der Waals surface area contributed by atoms with E-state index in [2.05, 4.69) is 51.8 Å². The van der Waals surface area contributed by atoms with Crippen molar-refractivity contribution in [2.75, 3.05) is 40.9 Å². The first-order valence-electron chi connectivity index (χ1n) is 12.0. The summed E-state index contributed by atoms with van der Waals surface area (Å²) in [4.78, 5) is 18.9. The Morgan fingerprint density at radius 3 is 2.45 bits per heavy atom. The molecule has 0 amide bonds. The van der Waals surface area contributed by atoms with Gasteiger partial charge in [0.05, 0.1) is 19.6 Å². The van der Waals surface area contributed by atoms with E-state index in [9.17, 15) is 4.79 Å². The summed E-state index contributed by atoms with van der Waals surface area (Å²) in [5.74, 6) is 2.25. The zero-order valence-electron chi connectivity index (χ0n) is 20.5. The third-order valence-electron chi connectivity index (χ3n) is 6.91. The summed E-state index contributed by atoms with van der Waals surface area (Å²) in [7, 11) is 5.75. The van der Waals surface area contributed by atoms with Crippen LogP contribution in [0.5, 0.6) is 5.75 Å². The lowest BCUT2D eigenvalue weighted by Gasteiger charge is -2.40. The lowest BCUT2D eigenvalue weighted by atomic mass is 9.85. The molecule has 1 heterocycles. The number of piperidine rings is 1. The van der Waals surface area contributed by atoms with E-state index in [0.29, 0.717) is 24.6 Å². The van der Waals surface area contributed by atoms with Gasteiger partial charge in [0.15, 0.2) is 5.96 Å². The molecule has 0 aromatic heterocycles. The number of halogens is 1. The van der Waals surface area contributed by atoms with Crippen LogP contribution in [0.2, 0.25) is 0 Å². The molecule has 33 heavy (non-hydrogen) atoms. The van der Waals surface area contributed by atoms with Gasteiger partial charge < -0.3 is 20.1 Å². The molecule has 1 aliphatic carbocycles. The predicted molar refractivity (Wildman–Crippen MR) is 143 cm³/mol. The predicted octanol–water partition coefficient (Wildman–Crippen LogP) is 3.98. The van der Waals surface area contributed by atoms with Crippen LogP contribution >= 0.6 is 24.0 Å². The van der Waals surface area contributed by atoms with Crippen LogP contribution in [0.4, 0.5) is 0 Å². The Morgan fingerprint density at radius 2 is 1.85 bits per heavy atom. The van der Waals surface area contributed by atoms with E-state index in [1.165, 1.54) is 18.4 Å². The lowest BCUT2D eigenvalue weighted by molar-refractivity contribution is -0.149. The second-order valence-corrected chi connectivity index (χ2v) is 9.00. The van der Waals surface area contributed by atoms with E-state index in [4.69, 9.17) is 9.47 Å². The highest BCUT2D eigenvalue weighted by molar-refractivity contribution is 14.0. The van der Waals surface area contributed by atoms with E-state index in [0.717, 1.165) is 50.5 Å². The maximum atomic E-state index is 12.0. The largest absolute Gasteiger partial charge is 0.497 e. The number of ether oxygens (including phenoxy) is 2. The molecular formula is C25H41IN4O3. The van der Waals surface area contributed by atoms with Crippen molar-refractivity contribution in [3.63, 3.8) is 0 Å². The first-order chi connectivity index (χ1) is 15.5. The Bertz CT molecular complexity index is 751. The molecule has 0 bridgehead atoms. The molecule has 1 aromatic rings. The smallest absolute Gasteiger partial charge is 0.308 e. The number of methoxy groups -OCH3 is 1. The molecule has 3 rings (SSSR count). The first kappa shape index (κ1) is 27.7. The number of carbonyl (C=O) groups is 1. The molecule has 1 aliphatic heterocycles. The van der Waals surface area contributed by atoms with Gasteiger partial charge in [0.25, 0.3) is 0 Å². The van der Waals surface area contributed by atoms with E-state index in [1.807, 2.05) is 14.0 Å². The van der Waals surface area contributed by atoms with Crippen LogP contribution in [0.1, 0.15) is 57.1 Å². The number of esters is 1. The summed E-state index contributed by atoms with van der Waals surface area (Å²) in [6.45, 7) is 4.31. The zero-order chi connectivity index (χ0) is 22.9. The number of carbonyl (C=O) groups excluding carboxylic acids is 1. The van der Waals surface area contributed by atoms with Gasteiger partial charge in [-0.15, -0.1) is 24.0 Å². The van der Waals surface area contributed by atoms with Crippen molar-refractivity contribution in [2.24, 2.45) is 16.8 Å². The van der Waals surface area contributed by atoms with Crippen molar-refractivity contribution >= 4 is 35.9 Å². The van der Waals surface area contributed by atoms with Crippen LogP contribution in [-0.4, -0.2) is 63.8 Å². The summed E-state index contributed by atoms with van der Waals surface area (Å²) in [6.07, 6.45) is 6.08. The van der Waals surface area contributed by atoms with Crippen LogP contribution < -0.4 is 15.4 Å². The summed E-state index contributed by atoms with van der Waals surface area (Å²) in [5.41, 5.74) is 1.33. The molecule has 2 atom stereocenters. The number of aliphatic imine (C=N–C) groups is 1. The number of hydrogen-bond donors (Lipinski definition) is 2. The lowest BCUT2D eigenvalue weighted by Crippen LogP contribution is -2.48. The van der Waals surface area contributed by atoms with Gasteiger partial charge in [-0.25, -0.2) is 0 Å². The van der Waals surface area contributed by atoms with E-state index in [-0.39, 0.29) is 35.9 Å². The number of guanidine groups is 1. The Labute approximate surface area is 216 Å². The van der Waals surface area contributed by atoms with Gasteiger partial charge in [-0.1, -0.05) is 12.1 Å². The van der Waals surface area contributed by atoms with Gasteiger partial charge >= 0.3 is 5.97 Å². The van der Waals surface area contributed by atoms with Crippen LogP contribution in [0.3, 0.4) is 0 Å². The summed E-state index contributed by atoms with van der Waals surface area (Å²) < 4.78 is 10.5. The van der Waals surface area contributed by atoms with Crippen LogP contribution in [-0.2, 0) is 9.53 Å². The highest BCUT2D eigenvalue weighted by Crippen LogP contribution is 2.35. The monoisotopic (exact) mass is 572 g/mol. The maximum Gasteiger partial charge on any atom is 0.308 e. The topological polar surface area (TPSA) is 75.2 Å². The Morgan fingerprint density at radius 1 is 1.15 bits per heavy atom. The quantitative estimate of drug-likeness (QED) is 0.223. The fourth-order valence-corrected chi connectivity index (χ4v) is 5.15. The van der Waals surface area contributed by atoms with Gasteiger partial charge in [-0.05, 0) is 82.7 Å². The first-order valence-corrected chi connectivity index (χ1v) is 12.0. The van der Waals surface area contributed by atoms with Gasteiger partial charge in [0.2, 0.25) is 0 Å². The molecule has 7 nitrogen and oxygen atoms in total. The van der Waals surface area contributed by atoms with E-state index < -0.39 is 0 Å². The fraction of sp³-hybridized carbons (Fsp3) is 0.680. The molecule has 2 fully saturated rings. The zero-order valence-corrected chi connectivity index (χ0v) is 22.8. The molecule has 1 saturated heterocycles. The molecular weight excluding hydrogens is 531 g/mol. The van der Waals surface area contributed by atoms with Crippen LogP contribution in [0.25, 0.3) is 0 Å². The highest BCUT2D eigenvalue weighted by atomic mass is 127. The minimum atomic E-state index is -0.0422. The molecule has 0 spiro atoms. The average molecular weight is 573 g/mol. The summed E-state index contributed by atoms with van der Waals surface area (Å²) in [5, 5.41) is 7.15. The Kier molecular flexibility index (Phi) is 11.7. The van der Waals surface area contributed by atoms with Crippen LogP contribution in [0, 0.1) is 11.8 Å². The normalized spacial score (nSPS) is 26.1. The maximum absolute atomic E-state index is 12.0. The minimum Gasteiger partial charge on any atom is -0.497 e.